The Kier molecular flexibility index (Phi) is 12.7. The largest absolute Gasteiger partial charge is 0.493 e. The molecule has 1 heterocycles. The summed E-state index contributed by atoms with van der Waals surface area (Å²) in [6.45, 7) is 7.62. The monoisotopic (exact) mass is 568 g/mol. The van der Waals surface area contributed by atoms with Crippen LogP contribution in [0.15, 0.2) is 23.2 Å². The lowest BCUT2D eigenvalue weighted by Crippen LogP contribution is -2.46. The molecule has 10 heteroatoms. The van der Waals surface area contributed by atoms with Gasteiger partial charge in [0, 0.05) is 51.4 Å². The first-order valence-electron chi connectivity index (χ1n) is 10.6. The molecule has 0 saturated carbocycles. The Morgan fingerprint density at radius 3 is 2.74 bits per heavy atom. The van der Waals surface area contributed by atoms with Gasteiger partial charge in [0.05, 0.1) is 19.4 Å². The van der Waals surface area contributed by atoms with Crippen LogP contribution in [0.5, 0.6) is 5.75 Å². The zero-order valence-corrected chi connectivity index (χ0v) is 22.2. The van der Waals surface area contributed by atoms with E-state index >= 15 is 0 Å². The Bertz CT molecular complexity index is 805. The van der Waals surface area contributed by atoms with Gasteiger partial charge in [-0.05, 0) is 38.3 Å². The fraction of sp³-hybridized carbons (Fsp3) is 0.667. The second kappa shape index (κ2) is 14.1. The lowest BCUT2D eigenvalue weighted by atomic mass is 10.1. The third kappa shape index (κ3) is 9.50. The van der Waals surface area contributed by atoms with Crippen molar-refractivity contribution in [3.63, 3.8) is 0 Å². The normalized spacial score (nSPS) is 17.3. The summed E-state index contributed by atoms with van der Waals surface area (Å²) in [5.74, 6) is 1.51. The predicted octanol–water partition coefficient (Wildman–Crippen LogP) is 2.51. The molecule has 2 N–H and O–H groups in total. The van der Waals surface area contributed by atoms with E-state index in [0.717, 1.165) is 42.7 Å². The number of benzene rings is 1. The SMILES string of the molecule is CCNC(=NCc1ccc(C)cc1OCCCOC)NC[C@H]1CCCN1S(C)(=O)=O.I. The fourth-order valence-electron chi connectivity index (χ4n) is 3.48. The Balaban J connectivity index is 0.00000480. The molecule has 1 aromatic rings. The molecule has 1 aliphatic rings. The number of sulfonamides is 1. The second-order valence-corrected chi connectivity index (χ2v) is 9.49. The molecule has 8 nitrogen and oxygen atoms in total. The van der Waals surface area contributed by atoms with Crippen LogP contribution in [0.1, 0.15) is 37.3 Å². The van der Waals surface area contributed by atoms with Crippen molar-refractivity contribution in [3.05, 3.63) is 29.3 Å². The highest BCUT2D eigenvalue weighted by molar-refractivity contribution is 14.0. The first-order valence-corrected chi connectivity index (χ1v) is 12.4. The van der Waals surface area contributed by atoms with Gasteiger partial charge in [-0.25, -0.2) is 13.4 Å². The van der Waals surface area contributed by atoms with Gasteiger partial charge in [-0.15, -0.1) is 24.0 Å². The van der Waals surface area contributed by atoms with Gasteiger partial charge in [0.25, 0.3) is 0 Å². The maximum absolute atomic E-state index is 11.9. The van der Waals surface area contributed by atoms with Crippen LogP contribution in [0.25, 0.3) is 0 Å². The molecule has 0 spiro atoms. The molecule has 0 amide bonds. The number of nitrogens with one attached hydrogen (secondary N) is 2. The minimum Gasteiger partial charge on any atom is -0.493 e. The summed E-state index contributed by atoms with van der Waals surface area (Å²) in [7, 11) is -1.50. The minimum absolute atomic E-state index is 0. The Morgan fingerprint density at radius 1 is 1.29 bits per heavy atom. The van der Waals surface area contributed by atoms with Crippen molar-refractivity contribution in [1.82, 2.24) is 14.9 Å². The van der Waals surface area contributed by atoms with Gasteiger partial charge in [0.2, 0.25) is 10.0 Å². The van der Waals surface area contributed by atoms with Gasteiger partial charge in [-0.3, -0.25) is 0 Å². The van der Waals surface area contributed by atoms with Crippen molar-refractivity contribution in [2.45, 2.75) is 45.7 Å². The molecule has 1 fully saturated rings. The van der Waals surface area contributed by atoms with Crippen molar-refractivity contribution in [3.8, 4) is 5.75 Å². The van der Waals surface area contributed by atoms with Crippen LogP contribution in [0.2, 0.25) is 0 Å². The smallest absolute Gasteiger partial charge is 0.211 e. The summed E-state index contributed by atoms with van der Waals surface area (Å²) in [5.41, 5.74) is 2.14. The van der Waals surface area contributed by atoms with Gasteiger partial charge in [0.15, 0.2) is 5.96 Å². The highest BCUT2D eigenvalue weighted by atomic mass is 127. The third-order valence-electron chi connectivity index (χ3n) is 4.98. The first kappa shape index (κ1) is 27.9. The van der Waals surface area contributed by atoms with Gasteiger partial charge in [0.1, 0.15) is 5.75 Å². The summed E-state index contributed by atoms with van der Waals surface area (Å²) in [4.78, 5) is 4.69. The standard InChI is InChI=1S/C21H36N4O4S.HI/c1-5-22-21(24-16-19-8-6-11-25(19)30(4,26)27)23-15-18-10-9-17(2)14-20(18)29-13-7-12-28-3;/h9-10,14,19H,5-8,11-13,15-16H2,1-4H3,(H2,22,23,24);1H/t19-;/m1./s1. The Morgan fingerprint density at radius 2 is 2.06 bits per heavy atom. The lowest BCUT2D eigenvalue weighted by molar-refractivity contribution is 0.172. The van der Waals surface area contributed by atoms with Crippen molar-refractivity contribution < 1.29 is 17.9 Å². The summed E-state index contributed by atoms with van der Waals surface area (Å²) in [6.07, 6.45) is 3.85. The summed E-state index contributed by atoms with van der Waals surface area (Å²) in [5, 5.41) is 6.54. The minimum atomic E-state index is -3.18. The number of methoxy groups -OCH3 is 1. The maximum Gasteiger partial charge on any atom is 0.211 e. The average Bonchev–Trinajstić information content (AvgIpc) is 3.18. The van der Waals surface area contributed by atoms with Crippen LogP contribution in [-0.4, -0.2) is 70.9 Å². The van der Waals surface area contributed by atoms with Gasteiger partial charge in [-0.1, -0.05) is 12.1 Å². The van der Waals surface area contributed by atoms with Crippen LogP contribution >= 0.6 is 24.0 Å². The number of nitrogens with zero attached hydrogens (tertiary/aromatic N) is 2. The Labute approximate surface area is 204 Å². The van der Waals surface area contributed by atoms with E-state index in [4.69, 9.17) is 9.47 Å². The molecule has 1 saturated heterocycles. The van der Waals surface area contributed by atoms with Gasteiger partial charge < -0.3 is 20.1 Å². The average molecular weight is 569 g/mol. The Hall–Kier alpha value is -1.11. The maximum atomic E-state index is 11.9. The first-order chi connectivity index (χ1) is 14.3. The molecule has 0 unspecified atom stereocenters. The van der Waals surface area contributed by atoms with E-state index in [9.17, 15) is 8.42 Å². The second-order valence-electron chi connectivity index (χ2n) is 7.55. The van der Waals surface area contributed by atoms with Crippen molar-refractivity contribution in [1.29, 1.82) is 0 Å². The molecule has 1 aliphatic heterocycles. The number of rotatable bonds is 11. The number of aryl methyl sites for hydroxylation is 1. The number of halogens is 1. The molecule has 0 radical (unpaired) electrons. The number of hydrogen-bond acceptors (Lipinski definition) is 5. The van der Waals surface area contributed by atoms with Gasteiger partial charge in [-0.2, -0.15) is 4.31 Å². The number of ether oxygens (including phenoxy) is 2. The van der Waals surface area contributed by atoms with Gasteiger partial charge >= 0.3 is 0 Å². The molecular formula is C21H37IN4O4S. The quantitative estimate of drug-likeness (QED) is 0.185. The number of guanidine groups is 1. The molecule has 0 bridgehead atoms. The number of aliphatic imine (C=N–C) groups is 1. The van der Waals surface area contributed by atoms with Crippen molar-refractivity contribution >= 4 is 40.0 Å². The van der Waals surface area contributed by atoms with Crippen LogP contribution in [-0.2, 0) is 21.3 Å². The highest BCUT2D eigenvalue weighted by Gasteiger charge is 2.31. The van der Waals surface area contributed by atoms with Crippen molar-refractivity contribution in [2.75, 3.05) is 46.2 Å². The summed E-state index contributed by atoms with van der Waals surface area (Å²) >= 11 is 0. The highest BCUT2D eigenvalue weighted by Crippen LogP contribution is 2.22. The van der Waals surface area contributed by atoms with E-state index < -0.39 is 10.0 Å². The number of hydrogen-bond donors (Lipinski definition) is 2. The van der Waals surface area contributed by atoms with Crippen LogP contribution in [0, 0.1) is 6.92 Å². The molecule has 2 rings (SSSR count). The molecule has 0 aromatic heterocycles. The molecule has 0 aliphatic carbocycles. The summed E-state index contributed by atoms with van der Waals surface area (Å²) in [6, 6.07) is 6.08. The lowest BCUT2D eigenvalue weighted by Gasteiger charge is -2.23. The zero-order valence-electron chi connectivity index (χ0n) is 19.0. The van der Waals surface area contributed by atoms with E-state index in [1.54, 1.807) is 11.4 Å². The van der Waals surface area contributed by atoms with Crippen LogP contribution in [0.4, 0.5) is 0 Å². The molecule has 1 aromatic carbocycles. The van der Waals surface area contributed by atoms with E-state index in [1.165, 1.54) is 6.26 Å². The molecule has 1 atom stereocenters. The van der Waals surface area contributed by atoms with Crippen molar-refractivity contribution in [2.24, 2.45) is 4.99 Å². The third-order valence-corrected chi connectivity index (χ3v) is 6.31. The molecule has 31 heavy (non-hydrogen) atoms. The zero-order chi connectivity index (χ0) is 22.0. The van der Waals surface area contributed by atoms with E-state index in [-0.39, 0.29) is 30.0 Å². The molecule has 178 valence electrons. The molecular weight excluding hydrogens is 531 g/mol. The summed E-state index contributed by atoms with van der Waals surface area (Å²) < 4.78 is 36.5. The van der Waals surface area contributed by atoms with E-state index in [1.807, 2.05) is 26.0 Å². The van der Waals surface area contributed by atoms with Crippen LogP contribution in [0.3, 0.4) is 0 Å². The topological polar surface area (TPSA) is 92.3 Å². The van der Waals surface area contributed by atoms with E-state index in [0.29, 0.717) is 38.8 Å². The fourth-order valence-corrected chi connectivity index (χ4v) is 4.66. The predicted molar refractivity (Wildman–Crippen MR) is 136 cm³/mol. The van der Waals surface area contributed by atoms with Crippen LogP contribution < -0.4 is 15.4 Å². The van der Waals surface area contributed by atoms with E-state index in [2.05, 4.69) is 21.7 Å².